The number of carbonyl (C=O) groups excluding carboxylic acids is 1. The van der Waals surface area contributed by atoms with Crippen molar-refractivity contribution in [3.63, 3.8) is 0 Å². The maximum atomic E-state index is 13.8. The van der Waals surface area contributed by atoms with E-state index in [0.29, 0.717) is 49.8 Å². The molecule has 1 atom stereocenters. The monoisotopic (exact) mass is 604 g/mol. The summed E-state index contributed by atoms with van der Waals surface area (Å²) in [4.78, 5) is 30.1. The summed E-state index contributed by atoms with van der Waals surface area (Å²) in [6.45, 7) is 1.85. The molecule has 2 aliphatic rings. The highest BCUT2D eigenvalue weighted by Gasteiger charge is 2.34. The second-order valence-electron chi connectivity index (χ2n) is 12.4. The van der Waals surface area contributed by atoms with Crippen LogP contribution in [0.1, 0.15) is 67.1 Å². The summed E-state index contributed by atoms with van der Waals surface area (Å²) in [5, 5.41) is 27.0. The van der Waals surface area contributed by atoms with E-state index >= 15 is 0 Å². The van der Waals surface area contributed by atoms with Crippen LogP contribution in [0.5, 0.6) is 0 Å². The van der Waals surface area contributed by atoms with Crippen molar-refractivity contribution in [3.8, 4) is 17.2 Å². The summed E-state index contributed by atoms with van der Waals surface area (Å²) in [5.41, 5.74) is 4.30. The standard InChI is InChI=1S/C35H40N8O2/c1-42-23-29(22-40-42)27-11-12-31(37-20-27)33(35(45)39-19-25-5-3-2-4-6-25)26-9-7-24(8-10-26)17-32-38-21-28(18-36)34(41-32)43-15-13-30(44)14-16-43/h2-6,11-12,20-24,26,30,33,44H,7-10,13-17,19H2,1H3,(H,39,45). The van der Waals surface area contributed by atoms with Gasteiger partial charge in [0.2, 0.25) is 5.91 Å². The van der Waals surface area contributed by atoms with Crippen molar-refractivity contribution in [3.05, 3.63) is 89.9 Å². The quantitative estimate of drug-likeness (QED) is 0.284. The van der Waals surface area contributed by atoms with Gasteiger partial charge in [0.25, 0.3) is 0 Å². The first kappa shape index (κ1) is 30.4. The van der Waals surface area contributed by atoms with Crippen molar-refractivity contribution in [1.29, 1.82) is 5.26 Å². The first-order chi connectivity index (χ1) is 22.0. The van der Waals surface area contributed by atoms with Gasteiger partial charge in [-0.1, -0.05) is 36.4 Å². The minimum Gasteiger partial charge on any atom is -0.393 e. The summed E-state index contributed by atoms with van der Waals surface area (Å²) < 4.78 is 1.77. The Morgan fingerprint density at radius 3 is 2.44 bits per heavy atom. The van der Waals surface area contributed by atoms with E-state index in [-0.39, 0.29) is 23.8 Å². The number of hydrogen-bond donors (Lipinski definition) is 2. The number of anilines is 1. The van der Waals surface area contributed by atoms with Crippen LogP contribution < -0.4 is 10.2 Å². The van der Waals surface area contributed by atoms with Crippen LogP contribution in [0.2, 0.25) is 0 Å². The maximum Gasteiger partial charge on any atom is 0.229 e. The topological polar surface area (TPSA) is 133 Å². The zero-order valence-electron chi connectivity index (χ0n) is 25.7. The van der Waals surface area contributed by atoms with Gasteiger partial charge in [-0.05, 0) is 62.0 Å². The van der Waals surface area contributed by atoms with Crippen LogP contribution in [0.3, 0.4) is 0 Å². The third kappa shape index (κ3) is 7.37. The van der Waals surface area contributed by atoms with Crippen molar-refractivity contribution in [2.75, 3.05) is 18.0 Å². The lowest BCUT2D eigenvalue weighted by molar-refractivity contribution is -0.124. The Morgan fingerprint density at radius 2 is 1.78 bits per heavy atom. The molecule has 45 heavy (non-hydrogen) atoms. The first-order valence-corrected chi connectivity index (χ1v) is 15.9. The molecule has 1 saturated carbocycles. The summed E-state index contributed by atoms with van der Waals surface area (Å²) in [6.07, 6.45) is 12.8. The van der Waals surface area contributed by atoms with E-state index in [1.54, 1.807) is 10.9 Å². The molecule has 4 aromatic rings. The second-order valence-corrected chi connectivity index (χ2v) is 12.4. The van der Waals surface area contributed by atoms with Gasteiger partial charge in [0, 0.05) is 56.6 Å². The van der Waals surface area contributed by atoms with E-state index in [1.165, 1.54) is 0 Å². The Balaban J connectivity index is 1.14. The number of nitriles is 1. The Morgan fingerprint density at radius 1 is 1.00 bits per heavy atom. The molecule has 3 aromatic heterocycles. The molecule has 0 radical (unpaired) electrons. The molecule has 2 N–H and O–H groups in total. The van der Waals surface area contributed by atoms with Gasteiger partial charge in [0.15, 0.2) is 0 Å². The number of aliphatic hydroxyl groups excluding tert-OH is 1. The van der Waals surface area contributed by atoms with Crippen LogP contribution in [0.25, 0.3) is 11.1 Å². The summed E-state index contributed by atoms with van der Waals surface area (Å²) in [5.74, 6) is 1.67. The number of aromatic nitrogens is 5. The smallest absolute Gasteiger partial charge is 0.229 e. The summed E-state index contributed by atoms with van der Waals surface area (Å²) in [6, 6.07) is 16.2. The van der Waals surface area contributed by atoms with Gasteiger partial charge in [-0.15, -0.1) is 0 Å². The molecular weight excluding hydrogens is 564 g/mol. The average molecular weight is 605 g/mol. The number of carbonyl (C=O) groups is 1. The molecule has 4 heterocycles. The number of rotatable bonds is 9. The molecule has 1 unspecified atom stereocenters. The predicted octanol–water partition coefficient (Wildman–Crippen LogP) is 4.55. The molecule has 6 rings (SSSR count). The van der Waals surface area contributed by atoms with Crippen LogP contribution in [0.4, 0.5) is 5.82 Å². The molecule has 1 aliphatic heterocycles. The van der Waals surface area contributed by atoms with Crippen molar-refractivity contribution < 1.29 is 9.90 Å². The third-order valence-corrected chi connectivity index (χ3v) is 9.27. The lowest BCUT2D eigenvalue weighted by Crippen LogP contribution is -2.37. The van der Waals surface area contributed by atoms with Gasteiger partial charge in [-0.3, -0.25) is 14.5 Å². The van der Waals surface area contributed by atoms with Crippen molar-refractivity contribution >= 4 is 11.7 Å². The highest BCUT2D eigenvalue weighted by molar-refractivity contribution is 5.83. The lowest BCUT2D eigenvalue weighted by atomic mass is 9.73. The largest absolute Gasteiger partial charge is 0.393 e. The Bertz CT molecular complexity index is 1620. The van der Waals surface area contributed by atoms with Gasteiger partial charge in [0.1, 0.15) is 23.3 Å². The fourth-order valence-electron chi connectivity index (χ4n) is 6.70. The fraction of sp³-hybridized carbons (Fsp3) is 0.429. The number of piperidine rings is 1. The molecule has 0 bridgehead atoms. The lowest BCUT2D eigenvalue weighted by Gasteiger charge is -2.33. The van der Waals surface area contributed by atoms with Crippen molar-refractivity contribution in [2.24, 2.45) is 18.9 Å². The molecule has 1 aliphatic carbocycles. The van der Waals surface area contributed by atoms with Crippen LogP contribution in [-0.2, 0) is 24.8 Å². The van der Waals surface area contributed by atoms with E-state index in [2.05, 4.69) is 26.4 Å². The Labute approximate surface area is 264 Å². The minimum absolute atomic E-state index is 0.00986. The van der Waals surface area contributed by atoms with Crippen molar-refractivity contribution in [1.82, 2.24) is 30.0 Å². The summed E-state index contributed by atoms with van der Waals surface area (Å²) in [7, 11) is 1.89. The molecule has 1 amide bonds. The molecule has 232 valence electrons. The molecule has 10 heteroatoms. The highest BCUT2D eigenvalue weighted by Crippen LogP contribution is 2.39. The van der Waals surface area contributed by atoms with E-state index in [1.807, 2.05) is 68.1 Å². The number of aryl methyl sites for hydroxylation is 1. The fourth-order valence-corrected chi connectivity index (χ4v) is 6.70. The first-order valence-electron chi connectivity index (χ1n) is 15.9. The number of hydrogen-bond acceptors (Lipinski definition) is 8. The number of aliphatic hydroxyl groups is 1. The van der Waals surface area contributed by atoms with Gasteiger partial charge >= 0.3 is 0 Å². The number of benzene rings is 1. The zero-order chi connectivity index (χ0) is 31.2. The normalized spacial score (nSPS) is 19.5. The van der Waals surface area contributed by atoms with Gasteiger partial charge in [-0.25, -0.2) is 9.97 Å². The molecule has 10 nitrogen and oxygen atoms in total. The molecule has 1 saturated heterocycles. The van der Waals surface area contributed by atoms with E-state index in [0.717, 1.165) is 60.3 Å². The molecule has 2 fully saturated rings. The summed E-state index contributed by atoms with van der Waals surface area (Å²) >= 11 is 0. The van der Waals surface area contributed by atoms with Crippen LogP contribution in [-0.4, -0.2) is 54.9 Å². The molecule has 0 spiro atoms. The van der Waals surface area contributed by atoms with Gasteiger partial charge in [-0.2, -0.15) is 10.4 Å². The number of amides is 1. The van der Waals surface area contributed by atoms with Crippen LogP contribution in [0.15, 0.2) is 67.3 Å². The number of nitrogens with one attached hydrogen (secondary N) is 1. The number of pyridine rings is 1. The minimum atomic E-state index is -0.343. The van der Waals surface area contributed by atoms with E-state index in [9.17, 15) is 15.2 Å². The van der Waals surface area contributed by atoms with Gasteiger partial charge in [0.05, 0.1) is 30.1 Å². The Kier molecular flexibility index (Phi) is 9.46. The maximum absolute atomic E-state index is 13.8. The third-order valence-electron chi connectivity index (χ3n) is 9.27. The predicted molar refractivity (Wildman–Crippen MR) is 171 cm³/mol. The zero-order valence-corrected chi connectivity index (χ0v) is 25.7. The van der Waals surface area contributed by atoms with Crippen molar-refractivity contribution in [2.45, 2.75) is 63.5 Å². The number of nitrogens with zero attached hydrogens (tertiary/aromatic N) is 7. The molecule has 1 aromatic carbocycles. The second kappa shape index (κ2) is 14.0. The van der Waals surface area contributed by atoms with E-state index in [4.69, 9.17) is 9.97 Å². The van der Waals surface area contributed by atoms with Gasteiger partial charge < -0.3 is 15.3 Å². The SMILES string of the molecule is Cn1cc(-c2ccc(C(C(=O)NCc3ccccc3)C3CCC(Cc4ncc(C#N)c(N5CCC(O)CC5)n4)CC3)nc2)cn1. The Hall–Kier alpha value is -4.62. The van der Waals surface area contributed by atoms with E-state index < -0.39 is 0 Å². The molecular formula is C35H40N8O2. The highest BCUT2D eigenvalue weighted by atomic mass is 16.3. The van der Waals surface area contributed by atoms with Crippen LogP contribution >= 0.6 is 0 Å². The van der Waals surface area contributed by atoms with Crippen LogP contribution in [0, 0.1) is 23.2 Å². The average Bonchev–Trinajstić information content (AvgIpc) is 3.52.